The van der Waals surface area contributed by atoms with Gasteiger partial charge in [0.2, 0.25) is 5.88 Å². The summed E-state index contributed by atoms with van der Waals surface area (Å²) in [5.41, 5.74) is 7.00. The van der Waals surface area contributed by atoms with Gasteiger partial charge in [0, 0.05) is 25.8 Å². The maximum Gasteiger partial charge on any atom is 0.308 e. The summed E-state index contributed by atoms with van der Waals surface area (Å²) >= 11 is 0. The highest BCUT2D eigenvalue weighted by molar-refractivity contribution is 5.93. The zero-order valence-electron chi connectivity index (χ0n) is 18.1. The summed E-state index contributed by atoms with van der Waals surface area (Å²) in [7, 11) is 1.41. The van der Waals surface area contributed by atoms with Crippen LogP contribution in [0.3, 0.4) is 0 Å². The molecule has 0 bridgehead atoms. The van der Waals surface area contributed by atoms with E-state index < -0.39 is 5.91 Å². The van der Waals surface area contributed by atoms with Gasteiger partial charge in [-0.3, -0.25) is 9.59 Å². The summed E-state index contributed by atoms with van der Waals surface area (Å²) in [5, 5.41) is 12.0. The van der Waals surface area contributed by atoms with Crippen molar-refractivity contribution >= 4 is 23.4 Å². The van der Waals surface area contributed by atoms with Crippen LogP contribution in [0, 0.1) is 17.2 Å². The minimum Gasteiger partial charge on any atom is -0.477 e. The first-order chi connectivity index (χ1) is 15.5. The van der Waals surface area contributed by atoms with Crippen LogP contribution in [0.2, 0.25) is 0 Å². The molecule has 1 aliphatic rings. The Bertz CT molecular complexity index is 1010. The molecule has 3 rings (SSSR count). The number of nitrogens with one attached hydrogen (secondary N) is 1. The molecule has 3 N–H and O–H groups in total. The van der Waals surface area contributed by atoms with Crippen molar-refractivity contribution in [1.29, 1.82) is 5.26 Å². The van der Waals surface area contributed by atoms with Gasteiger partial charge in [0.25, 0.3) is 5.91 Å². The number of amides is 1. The number of hydrogen-bond acceptors (Lipinski definition) is 9. The van der Waals surface area contributed by atoms with Crippen LogP contribution in [0.5, 0.6) is 5.88 Å². The monoisotopic (exact) mass is 438 g/mol. The number of nitrogens with two attached hydrogens (primary N) is 1. The smallest absolute Gasteiger partial charge is 0.308 e. The molecule has 0 aromatic carbocycles. The van der Waals surface area contributed by atoms with Gasteiger partial charge in [-0.25, -0.2) is 9.97 Å². The molecule has 2 aromatic heterocycles. The van der Waals surface area contributed by atoms with Crippen molar-refractivity contribution in [3.05, 3.63) is 41.2 Å². The Morgan fingerprint density at radius 2 is 2.09 bits per heavy atom. The van der Waals surface area contributed by atoms with E-state index in [0.29, 0.717) is 6.61 Å². The van der Waals surface area contributed by atoms with Crippen LogP contribution in [0.25, 0.3) is 0 Å². The van der Waals surface area contributed by atoms with E-state index >= 15 is 0 Å². The SMILES string of the molecule is CCOc1nc(C(=O)NCc2ccc(N3CCC(C(=O)OC)CC3)nc2)cc(N)c1C#N. The fourth-order valence-corrected chi connectivity index (χ4v) is 3.50. The molecule has 1 aliphatic heterocycles. The number of pyridine rings is 2. The van der Waals surface area contributed by atoms with E-state index in [2.05, 4.69) is 20.2 Å². The Balaban J connectivity index is 1.58. The van der Waals surface area contributed by atoms with E-state index in [4.69, 9.17) is 15.2 Å². The molecule has 1 saturated heterocycles. The number of carbonyl (C=O) groups excluding carboxylic acids is 2. The number of methoxy groups -OCH3 is 1. The highest BCUT2D eigenvalue weighted by atomic mass is 16.5. The van der Waals surface area contributed by atoms with Crippen molar-refractivity contribution in [3.8, 4) is 11.9 Å². The van der Waals surface area contributed by atoms with Gasteiger partial charge in [-0.05, 0) is 37.5 Å². The quantitative estimate of drug-likeness (QED) is 0.617. The highest BCUT2D eigenvalue weighted by Crippen LogP contribution is 2.24. The molecule has 168 valence electrons. The van der Waals surface area contributed by atoms with Crippen molar-refractivity contribution in [2.75, 3.05) is 37.4 Å². The van der Waals surface area contributed by atoms with E-state index in [-0.39, 0.29) is 41.3 Å². The van der Waals surface area contributed by atoms with Gasteiger partial charge in [-0.15, -0.1) is 0 Å². The third-order valence-electron chi connectivity index (χ3n) is 5.26. The first-order valence-electron chi connectivity index (χ1n) is 10.4. The molecule has 1 amide bonds. The van der Waals surface area contributed by atoms with Crippen LogP contribution < -0.4 is 20.7 Å². The lowest BCUT2D eigenvalue weighted by Crippen LogP contribution is -2.37. The largest absolute Gasteiger partial charge is 0.477 e. The number of esters is 1. The summed E-state index contributed by atoms with van der Waals surface area (Å²) in [6.45, 7) is 3.77. The van der Waals surface area contributed by atoms with Gasteiger partial charge >= 0.3 is 5.97 Å². The molecule has 0 saturated carbocycles. The highest BCUT2D eigenvalue weighted by Gasteiger charge is 2.26. The molecular formula is C22H26N6O4. The number of hydrogen-bond donors (Lipinski definition) is 2. The Morgan fingerprint density at radius 1 is 1.34 bits per heavy atom. The predicted octanol–water partition coefficient (Wildman–Crippen LogP) is 1.65. The van der Waals surface area contributed by atoms with Crippen LogP contribution in [0.4, 0.5) is 11.5 Å². The van der Waals surface area contributed by atoms with Gasteiger partial charge in [-0.1, -0.05) is 6.07 Å². The molecule has 32 heavy (non-hydrogen) atoms. The molecule has 0 unspecified atom stereocenters. The molecule has 0 spiro atoms. The molecule has 1 fully saturated rings. The number of piperidine rings is 1. The Labute approximate surface area is 186 Å². The summed E-state index contributed by atoms with van der Waals surface area (Å²) in [6.07, 6.45) is 3.17. The topological polar surface area (TPSA) is 143 Å². The minimum absolute atomic E-state index is 0.0436. The molecule has 10 heteroatoms. The molecule has 0 atom stereocenters. The standard InChI is InChI=1S/C22H26N6O4/c1-3-32-21-16(11-23)17(24)10-18(27-21)20(29)26-13-14-4-5-19(25-12-14)28-8-6-15(7-9-28)22(30)31-2/h4-5,10,12,15H,3,6-9,13H2,1-2H3,(H2,24,27)(H,26,29). The summed E-state index contributed by atoms with van der Waals surface area (Å²) < 4.78 is 10.1. The van der Waals surface area contributed by atoms with Crippen molar-refractivity contribution in [1.82, 2.24) is 15.3 Å². The molecule has 10 nitrogen and oxygen atoms in total. The number of aromatic nitrogens is 2. The summed E-state index contributed by atoms with van der Waals surface area (Å²) in [5.74, 6) is 0.221. The Hall–Kier alpha value is -3.87. The third kappa shape index (κ3) is 5.24. The van der Waals surface area contributed by atoms with Crippen molar-refractivity contribution < 1.29 is 19.1 Å². The minimum atomic E-state index is -0.434. The number of nitriles is 1. The number of ether oxygens (including phenoxy) is 2. The van der Waals surface area contributed by atoms with Gasteiger partial charge < -0.3 is 25.4 Å². The van der Waals surface area contributed by atoms with E-state index in [1.807, 2.05) is 18.2 Å². The van der Waals surface area contributed by atoms with Gasteiger partial charge in [0.1, 0.15) is 23.1 Å². The Morgan fingerprint density at radius 3 is 2.69 bits per heavy atom. The molecular weight excluding hydrogens is 412 g/mol. The van der Waals surface area contributed by atoms with Crippen LogP contribution in [-0.2, 0) is 16.1 Å². The molecule has 0 radical (unpaired) electrons. The first-order valence-corrected chi connectivity index (χ1v) is 10.4. The second-order valence-corrected chi connectivity index (χ2v) is 7.31. The lowest BCUT2D eigenvalue weighted by atomic mass is 9.97. The van der Waals surface area contributed by atoms with Gasteiger partial charge in [0.15, 0.2) is 0 Å². The van der Waals surface area contributed by atoms with E-state index in [9.17, 15) is 14.9 Å². The Kier molecular flexibility index (Phi) is 7.44. The molecule has 2 aromatic rings. The molecule has 0 aliphatic carbocycles. The fraction of sp³-hybridized carbons (Fsp3) is 0.409. The number of rotatable bonds is 7. The fourth-order valence-electron chi connectivity index (χ4n) is 3.50. The first kappa shape index (κ1) is 22.8. The second kappa shape index (κ2) is 10.4. The van der Waals surface area contributed by atoms with E-state index in [0.717, 1.165) is 37.3 Å². The van der Waals surface area contributed by atoms with Gasteiger partial charge in [0.05, 0.1) is 25.3 Å². The second-order valence-electron chi connectivity index (χ2n) is 7.31. The lowest BCUT2D eigenvalue weighted by molar-refractivity contribution is -0.146. The predicted molar refractivity (Wildman–Crippen MR) is 117 cm³/mol. The number of carbonyl (C=O) groups is 2. The van der Waals surface area contributed by atoms with E-state index in [1.54, 1.807) is 13.1 Å². The number of anilines is 2. The van der Waals surface area contributed by atoms with Crippen LogP contribution in [0.1, 0.15) is 41.4 Å². The lowest BCUT2D eigenvalue weighted by Gasteiger charge is -2.31. The van der Waals surface area contributed by atoms with Crippen molar-refractivity contribution in [2.45, 2.75) is 26.3 Å². The third-order valence-corrected chi connectivity index (χ3v) is 5.26. The summed E-state index contributed by atoms with van der Waals surface area (Å²) in [6, 6.07) is 7.08. The maximum atomic E-state index is 12.5. The van der Waals surface area contributed by atoms with Gasteiger partial charge in [-0.2, -0.15) is 5.26 Å². The average Bonchev–Trinajstić information content (AvgIpc) is 2.82. The van der Waals surface area contributed by atoms with Crippen LogP contribution in [-0.4, -0.2) is 48.7 Å². The maximum absolute atomic E-state index is 12.5. The zero-order chi connectivity index (χ0) is 23.1. The van der Waals surface area contributed by atoms with Crippen molar-refractivity contribution in [2.24, 2.45) is 5.92 Å². The zero-order valence-corrected chi connectivity index (χ0v) is 18.1. The summed E-state index contributed by atoms with van der Waals surface area (Å²) in [4.78, 5) is 34.9. The normalized spacial score (nSPS) is 13.8. The van der Waals surface area contributed by atoms with E-state index in [1.165, 1.54) is 13.2 Å². The van der Waals surface area contributed by atoms with Crippen LogP contribution >= 0.6 is 0 Å². The van der Waals surface area contributed by atoms with Crippen molar-refractivity contribution in [3.63, 3.8) is 0 Å². The van der Waals surface area contributed by atoms with Crippen LogP contribution in [0.15, 0.2) is 24.4 Å². The number of nitrogen functional groups attached to an aromatic ring is 1. The average molecular weight is 438 g/mol. The number of nitrogens with zero attached hydrogens (tertiary/aromatic N) is 4. The molecule has 3 heterocycles.